The van der Waals surface area contributed by atoms with Gasteiger partial charge in [-0.1, -0.05) is 6.92 Å². The number of nitrogens with two attached hydrogens (primary N) is 1. The van der Waals surface area contributed by atoms with Crippen molar-refractivity contribution in [3.8, 4) is 0 Å². The molecule has 1 unspecified atom stereocenters. The summed E-state index contributed by atoms with van der Waals surface area (Å²) in [5.41, 5.74) is 8.25. The summed E-state index contributed by atoms with van der Waals surface area (Å²) in [6.07, 6.45) is 1.55. The first-order valence-electron chi connectivity index (χ1n) is 7.58. The van der Waals surface area contributed by atoms with Crippen LogP contribution in [0.1, 0.15) is 25.3 Å². The second-order valence-electron chi connectivity index (χ2n) is 5.55. The van der Waals surface area contributed by atoms with E-state index in [2.05, 4.69) is 17.1 Å². The van der Waals surface area contributed by atoms with Crippen molar-refractivity contribution in [3.05, 3.63) is 23.8 Å². The van der Waals surface area contributed by atoms with Crippen molar-refractivity contribution in [1.82, 2.24) is 4.90 Å². The number of nitrogen functional groups attached to an aromatic ring is 1. The molecule has 1 atom stereocenters. The average Bonchev–Trinajstić information content (AvgIpc) is 2.48. The fraction of sp³-hybridized carbons (Fsp3) is 0.562. The molecule has 1 fully saturated rings. The molecule has 3 N–H and O–H groups in total. The summed E-state index contributed by atoms with van der Waals surface area (Å²) < 4.78 is 5.48. The fourth-order valence-corrected chi connectivity index (χ4v) is 2.64. The van der Waals surface area contributed by atoms with Crippen LogP contribution in [0.2, 0.25) is 0 Å². The van der Waals surface area contributed by atoms with Crippen LogP contribution in [0.3, 0.4) is 0 Å². The zero-order valence-corrected chi connectivity index (χ0v) is 12.9. The van der Waals surface area contributed by atoms with Crippen LogP contribution in [0.5, 0.6) is 0 Å². The largest absolute Gasteiger partial charge is 0.399 e. The van der Waals surface area contributed by atoms with Gasteiger partial charge in [0.05, 0.1) is 13.2 Å². The van der Waals surface area contributed by atoms with Crippen LogP contribution in [0.4, 0.5) is 11.4 Å². The van der Waals surface area contributed by atoms with Gasteiger partial charge >= 0.3 is 0 Å². The summed E-state index contributed by atoms with van der Waals surface area (Å²) >= 11 is 0. The summed E-state index contributed by atoms with van der Waals surface area (Å²) in [5.74, 6) is 0.0456. The number of carbonyl (C=O) groups is 1. The Morgan fingerprint density at radius 1 is 1.52 bits per heavy atom. The Morgan fingerprint density at radius 3 is 3.05 bits per heavy atom. The van der Waals surface area contributed by atoms with E-state index in [0.29, 0.717) is 18.2 Å². The Balaban J connectivity index is 1.84. The minimum Gasteiger partial charge on any atom is -0.399 e. The van der Waals surface area contributed by atoms with Crippen molar-refractivity contribution in [2.24, 2.45) is 0 Å². The van der Waals surface area contributed by atoms with E-state index in [1.165, 1.54) is 0 Å². The first-order chi connectivity index (χ1) is 10.1. The molecule has 21 heavy (non-hydrogen) atoms. The van der Waals surface area contributed by atoms with E-state index in [1.54, 1.807) is 6.07 Å². The van der Waals surface area contributed by atoms with Gasteiger partial charge in [0.15, 0.2) is 0 Å². The number of morpholine rings is 1. The molecule has 1 saturated heterocycles. The highest BCUT2D eigenvalue weighted by Crippen LogP contribution is 2.18. The molecular weight excluding hydrogens is 266 g/mol. The van der Waals surface area contributed by atoms with Gasteiger partial charge in [0.2, 0.25) is 5.91 Å². The van der Waals surface area contributed by atoms with E-state index in [4.69, 9.17) is 10.5 Å². The summed E-state index contributed by atoms with van der Waals surface area (Å²) in [7, 11) is 0. The second-order valence-corrected chi connectivity index (χ2v) is 5.55. The topological polar surface area (TPSA) is 67.6 Å². The molecule has 116 valence electrons. The second kappa shape index (κ2) is 7.43. The highest BCUT2D eigenvalue weighted by molar-refractivity contribution is 5.91. The third kappa shape index (κ3) is 4.44. The third-order valence-corrected chi connectivity index (χ3v) is 3.97. The molecule has 5 heteroatoms. The molecule has 0 bridgehead atoms. The van der Waals surface area contributed by atoms with Crippen LogP contribution in [-0.2, 0) is 9.53 Å². The number of hydrogen-bond donors (Lipinski definition) is 2. The number of amides is 1. The molecule has 0 aromatic heterocycles. The molecule has 2 rings (SSSR count). The molecule has 1 heterocycles. The summed E-state index contributed by atoms with van der Waals surface area (Å²) in [4.78, 5) is 14.4. The van der Waals surface area contributed by atoms with Crippen LogP contribution < -0.4 is 11.1 Å². The molecule has 0 saturated carbocycles. The molecule has 0 spiro atoms. The quantitative estimate of drug-likeness (QED) is 0.814. The van der Waals surface area contributed by atoms with Crippen LogP contribution in [-0.4, -0.2) is 43.2 Å². The van der Waals surface area contributed by atoms with Crippen molar-refractivity contribution in [3.63, 3.8) is 0 Å². The Morgan fingerprint density at radius 2 is 2.33 bits per heavy atom. The van der Waals surface area contributed by atoms with Crippen molar-refractivity contribution >= 4 is 17.3 Å². The zero-order chi connectivity index (χ0) is 15.2. The lowest BCUT2D eigenvalue weighted by Gasteiger charge is -2.34. The van der Waals surface area contributed by atoms with Crippen LogP contribution in [0.15, 0.2) is 18.2 Å². The van der Waals surface area contributed by atoms with Gasteiger partial charge in [-0.05, 0) is 37.1 Å². The van der Waals surface area contributed by atoms with Gasteiger partial charge in [-0.3, -0.25) is 9.69 Å². The normalized spacial score (nSPS) is 19.4. The summed E-state index contributed by atoms with van der Waals surface area (Å²) in [5, 5.41) is 2.96. The summed E-state index contributed by atoms with van der Waals surface area (Å²) in [6.45, 7) is 7.32. The van der Waals surface area contributed by atoms with Crippen molar-refractivity contribution in [2.45, 2.75) is 32.7 Å². The first kappa shape index (κ1) is 15.8. The SMILES string of the molecule is CCC1COCCN1CCC(=O)Nc1ccc(N)cc1C. The highest BCUT2D eigenvalue weighted by atomic mass is 16.5. The minimum atomic E-state index is 0.0456. The van der Waals surface area contributed by atoms with E-state index >= 15 is 0 Å². The van der Waals surface area contributed by atoms with Gasteiger partial charge < -0.3 is 15.8 Å². The van der Waals surface area contributed by atoms with Crippen LogP contribution in [0, 0.1) is 6.92 Å². The van der Waals surface area contributed by atoms with Gasteiger partial charge in [0.1, 0.15) is 0 Å². The van der Waals surface area contributed by atoms with Gasteiger partial charge in [-0.2, -0.15) is 0 Å². The maximum atomic E-state index is 12.1. The maximum absolute atomic E-state index is 12.1. The molecule has 1 aromatic rings. The van der Waals surface area contributed by atoms with Crippen LogP contribution in [0.25, 0.3) is 0 Å². The van der Waals surface area contributed by atoms with E-state index < -0.39 is 0 Å². The molecule has 1 aliphatic heterocycles. The minimum absolute atomic E-state index is 0.0456. The van der Waals surface area contributed by atoms with E-state index in [9.17, 15) is 4.79 Å². The number of anilines is 2. The predicted octanol–water partition coefficient (Wildman–Crippen LogP) is 2.02. The Kier molecular flexibility index (Phi) is 5.59. The maximum Gasteiger partial charge on any atom is 0.225 e. The van der Waals surface area contributed by atoms with Gasteiger partial charge in [-0.15, -0.1) is 0 Å². The monoisotopic (exact) mass is 291 g/mol. The third-order valence-electron chi connectivity index (χ3n) is 3.97. The van der Waals surface area contributed by atoms with Crippen molar-refractivity contribution < 1.29 is 9.53 Å². The van der Waals surface area contributed by atoms with Crippen LogP contribution >= 0.6 is 0 Å². The molecule has 1 amide bonds. The Bertz CT molecular complexity index is 490. The lowest BCUT2D eigenvalue weighted by molar-refractivity contribution is -0.117. The number of aryl methyl sites for hydroxylation is 1. The first-order valence-corrected chi connectivity index (χ1v) is 7.58. The van der Waals surface area contributed by atoms with Gasteiger partial charge in [0, 0.05) is 36.9 Å². The number of hydrogen-bond acceptors (Lipinski definition) is 4. The van der Waals surface area contributed by atoms with Crippen molar-refractivity contribution in [1.29, 1.82) is 0 Å². The highest BCUT2D eigenvalue weighted by Gasteiger charge is 2.21. The smallest absolute Gasteiger partial charge is 0.225 e. The number of ether oxygens (including phenoxy) is 1. The molecule has 1 aromatic carbocycles. The summed E-state index contributed by atoms with van der Waals surface area (Å²) in [6, 6.07) is 5.96. The Labute approximate surface area is 126 Å². The van der Waals surface area contributed by atoms with E-state index in [1.807, 2.05) is 19.1 Å². The number of rotatable bonds is 5. The molecule has 0 radical (unpaired) electrons. The average molecular weight is 291 g/mol. The standard InChI is InChI=1S/C16H25N3O2/c1-3-14-11-21-9-8-19(14)7-6-16(20)18-15-5-4-13(17)10-12(15)2/h4-5,10,14H,3,6-9,11,17H2,1-2H3,(H,18,20). The number of nitrogens with one attached hydrogen (secondary N) is 1. The molecule has 0 aliphatic carbocycles. The lowest BCUT2D eigenvalue weighted by Crippen LogP contribution is -2.46. The van der Waals surface area contributed by atoms with Crippen molar-refractivity contribution in [2.75, 3.05) is 37.4 Å². The number of benzene rings is 1. The molecule has 1 aliphatic rings. The number of nitrogens with zero attached hydrogens (tertiary/aromatic N) is 1. The van der Waals surface area contributed by atoms with E-state index in [-0.39, 0.29) is 5.91 Å². The van der Waals surface area contributed by atoms with Gasteiger partial charge in [-0.25, -0.2) is 0 Å². The van der Waals surface area contributed by atoms with E-state index in [0.717, 1.165) is 44.0 Å². The lowest BCUT2D eigenvalue weighted by atomic mass is 10.1. The molecular formula is C16H25N3O2. The predicted molar refractivity (Wildman–Crippen MR) is 85.3 cm³/mol. The Hall–Kier alpha value is -1.59. The van der Waals surface area contributed by atoms with Gasteiger partial charge in [0.25, 0.3) is 0 Å². The fourth-order valence-electron chi connectivity index (χ4n) is 2.64. The molecule has 5 nitrogen and oxygen atoms in total. The number of carbonyl (C=O) groups excluding carboxylic acids is 1. The zero-order valence-electron chi connectivity index (χ0n) is 12.9.